The van der Waals surface area contributed by atoms with Crippen molar-refractivity contribution in [2.45, 2.75) is 32.6 Å². The second-order valence-electron chi connectivity index (χ2n) is 5.18. The number of nitrogens with one attached hydrogen (secondary N) is 1. The van der Waals surface area contributed by atoms with Crippen LogP contribution < -0.4 is 5.32 Å². The highest BCUT2D eigenvalue weighted by Crippen LogP contribution is 2.22. The minimum absolute atomic E-state index is 0.0621. The first-order chi connectivity index (χ1) is 9.24. The molecule has 0 aliphatic carbocycles. The van der Waals surface area contributed by atoms with Crippen LogP contribution in [0.5, 0.6) is 0 Å². The number of nitrogens with zero attached hydrogens (tertiary/aromatic N) is 2. The minimum atomic E-state index is 0.0621. The van der Waals surface area contributed by atoms with E-state index >= 15 is 0 Å². The Morgan fingerprint density at radius 2 is 2.16 bits per heavy atom. The molecular formula is C15H23N3O. The topological polar surface area (TPSA) is 45.2 Å². The molecule has 0 aromatic carbocycles. The zero-order valence-corrected chi connectivity index (χ0v) is 11.9. The van der Waals surface area contributed by atoms with E-state index in [9.17, 15) is 4.79 Å². The van der Waals surface area contributed by atoms with Crippen LogP contribution in [0.25, 0.3) is 0 Å². The monoisotopic (exact) mass is 261 g/mol. The number of likely N-dealkylation sites (tertiary alicyclic amines) is 1. The fourth-order valence-corrected chi connectivity index (χ4v) is 2.69. The van der Waals surface area contributed by atoms with E-state index in [-0.39, 0.29) is 5.91 Å². The summed E-state index contributed by atoms with van der Waals surface area (Å²) in [6, 6.07) is 5.53. The zero-order chi connectivity index (χ0) is 13.7. The van der Waals surface area contributed by atoms with Gasteiger partial charge in [-0.1, -0.05) is 25.8 Å². The van der Waals surface area contributed by atoms with E-state index < -0.39 is 0 Å². The van der Waals surface area contributed by atoms with E-state index in [2.05, 4.69) is 17.2 Å². The molecule has 0 bridgehead atoms. The maximum Gasteiger partial charge on any atom is 0.272 e. The van der Waals surface area contributed by atoms with Crippen LogP contribution in [0.2, 0.25) is 0 Å². The summed E-state index contributed by atoms with van der Waals surface area (Å²) in [5.74, 6) is 1.60. The van der Waals surface area contributed by atoms with Crippen LogP contribution in [0.4, 0.5) is 5.82 Å². The summed E-state index contributed by atoms with van der Waals surface area (Å²) in [5, 5.41) is 2.97. The molecule has 1 amide bonds. The van der Waals surface area contributed by atoms with Gasteiger partial charge in [-0.05, 0) is 30.9 Å². The third kappa shape index (κ3) is 3.46. The maximum atomic E-state index is 12.4. The SMILES string of the molecule is CCCC1CCN(C(=O)c2cccc(NC)n2)CC1. The predicted octanol–water partition coefficient (Wildman–Crippen LogP) is 2.78. The van der Waals surface area contributed by atoms with Crippen LogP contribution in [-0.2, 0) is 0 Å². The molecule has 1 saturated heterocycles. The second-order valence-corrected chi connectivity index (χ2v) is 5.18. The molecule has 19 heavy (non-hydrogen) atoms. The van der Waals surface area contributed by atoms with Crippen LogP contribution in [0.15, 0.2) is 18.2 Å². The van der Waals surface area contributed by atoms with Gasteiger partial charge < -0.3 is 10.2 Å². The van der Waals surface area contributed by atoms with Crippen molar-refractivity contribution in [2.24, 2.45) is 5.92 Å². The summed E-state index contributed by atoms with van der Waals surface area (Å²) in [5.41, 5.74) is 0.542. The Labute approximate surface area is 115 Å². The van der Waals surface area contributed by atoms with Crippen molar-refractivity contribution in [3.05, 3.63) is 23.9 Å². The fourth-order valence-electron chi connectivity index (χ4n) is 2.69. The van der Waals surface area contributed by atoms with Crippen molar-refractivity contribution in [1.29, 1.82) is 0 Å². The van der Waals surface area contributed by atoms with Gasteiger partial charge in [0.05, 0.1) is 0 Å². The molecule has 1 N–H and O–H groups in total. The Morgan fingerprint density at radius 1 is 1.42 bits per heavy atom. The van der Waals surface area contributed by atoms with Crippen molar-refractivity contribution in [2.75, 3.05) is 25.5 Å². The Bertz CT molecular complexity index is 425. The number of carbonyl (C=O) groups is 1. The van der Waals surface area contributed by atoms with Gasteiger partial charge in [-0.3, -0.25) is 4.79 Å². The van der Waals surface area contributed by atoms with Crippen LogP contribution >= 0.6 is 0 Å². The summed E-state index contributed by atoms with van der Waals surface area (Å²) >= 11 is 0. The third-order valence-electron chi connectivity index (χ3n) is 3.82. The molecule has 1 fully saturated rings. The van der Waals surface area contributed by atoms with Gasteiger partial charge in [0.2, 0.25) is 0 Å². The minimum Gasteiger partial charge on any atom is -0.373 e. The van der Waals surface area contributed by atoms with Gasteiger partial charge in [-0.15, -0.1) is 0 Å². The van der Waals surface area contributed by atoms with E-state index in [4.69, 9.17) is 0 Å². The van der Waals surface area contributed by atoms with E-state index in [0.29, 0.717) is 5.69 Å². The molecule has 0 spiro atoms. The smallest absolute Gasteiger partial charge is 0.272 e. The molecule has 0 radical (unpaired) electrons. The molecule has 1 aliphatic rings. The van der Waals surface area contributed by atoms with Crippen molar-refractivity contribution < 1.29 is 4.79 Å². The first-order valence-electron chi connectivity index (χ1n) is 7.18. The van der Waals surface area contributed by atoms with Crippen LogP contribution in [0, 0.1) is 5.92 Å². The molecule has 0 saturated carbocycles. The van der Waals surface area contributed by atoms with Gasteiger partial charge in [0.15, 0.2) is 0 Å². The number of rotatable bonds is 4. The molecule has 4 heteroatoms. The van der Waals surface area contributed by atoms with Crippen molar-refractivity contribution in [3.63, 3.8) is 0 Å². The van der Waals surface area contributed by atoms with E-state index in [0.717, 1.165) is 37.7 Å². The molecule has 2 heterocycles. The molecule has 1 aromatic heterocycles. The van der Waals surface area contributed by atoms with Crippen molar-refractivity contribution in [3.8, 4) is 0 Å². The molecular weight excluding hydrogens is 238 g/mol. The van der Waals surface area contributed by atoms with Gasteiger partial charge >= 0.3 is 0 Å². The Balaban J connectivity index is 1.97. The number of anilines is 1. The number of carbonyl (C=O) groups excluding carboxylic acids is 1. The first kappa shape index (κ1) is 13.8. The highest BCUT2D eigenvalue weighted by Gasteiger charge is 2.23. The number of hydrogen-bond acceptors (Lipinski definition) is 3. The van der Waals surface area contributed by atoms with E-state index in [1.807, 2.05) is 24.1 Å². The number of piperidine rings is 1. The first-order valence-corrected chi connectivity index (χ1v) is 7.18. The number of hydrogen-bond donors (Lipinski definition) is 1. The molecule has 1 aromatic rings. The summed E-state index contributed by atoms with van der Waals surface area (Å²) in [4.78, 5) is 18.6. The lowest BCUT2D eigenvalue weighted by Crippen LogP contribution is -2.38. The molecule has 104 valence electrons. The molecule has 0 atom stereocenters. The zero-order valence-electron chi connectivity index (χ0n) is 11.9. The van der Waals surface area contributed by atoms with Crippen molar-refractivity contribution in [1.82, 2.24) is 9.88 Å². The van der Waals surface area contributed by atoms with Gasteiger partial charge in [0.1, 0.15) is 11.5 Å². The van der Waals surface area contributed by atoms with Crippen molar-refractivity contribution >= 4 is 11.7 Å². The third-order valence-corrected chi connectivity index (χ3v) is 3.82. The average molecular weight is 261 g/mol. The van der Waals surface area contributed by atoms with Gasteiger partial charge in [-0.2, -0.15) is 0 Å². The lowest BCUT2D eigenvalue weighted by Gasteiger charge is -2.31. The largest absolute Gasteiger partial charge is 0.373 e. The molecule has 4 nitrogen and oxygen atoms in total. The Kier molecular flexibility index (Phi) is 4.77. The Hall–Kier alpha value is -1.58. The van der Waals surface area contributed by atoms with E-state index in [1.165, 1.54) is 12.8 Å². The molecule has 2 rings (SSSR count). The maximum absolute atomic E-state index is 12.4. The van der Waals surface area contributed by atoms with Gasteiger partial charge in [0, 0.05) is 20.1 Å². The highest BCUT2D eigenvalue weighted by molar-refractivity contribution is 5.92. The van der Waals surface area contributed by atoms with Crippen LogP contribution in [-0.4, -0.2) is 35.9 Å². The number of aromatic nitrogens is 1. The van der Waals surface area contributed by atoms with Gasteiger partial charge in [0.25, 0.3) is 5.91 Å². The summed E-state index contributed by atoms with van der Waals surface area (Å²) in [7, 11) is 1.81. The quantitative estimate of drug-likeness (QED) is 0.906. The standard InChI is InChI=1S/C15H23N3O/c1-3-5-12-8-10-18(11-9-12)15(19)13-6-4-7-14(16-2)17-13/h4,6-7,12H,3,5,8-11H2,1-2H3,(H,16,17). The molecule has 0 unspecified atom stereocenters. The summed E-state index contributed by atoms with van der Waals surface area (Å²) in [6.07, 6.45) is 4.79. The van der Waals surface area contributed by atoms with Gasteiger partial charge in [-0.25, -0.2) is 4.98 Å². The second kappa shape index (κ2) is 6.55. The predicted molar refractivity (Wildman–Crippen MR) is 77.3 cm³/mol. The summed E-state index contributed by atoms with van der Waals surface area (Å²) in [6.45, 7) is 3.97. The molecule has 1 aliphatic heterocycles. The van der Waals surface area contributed by atoms with E-state index in [1.54, 1.807) is 6.07 Å². The lowest BCUT2D eigenvalue weighted by molar-refractivity contribution is 0.0681. The number of pyridine rings is 1. The fraction of sp³-hybridized carbons (Fsp3) is 0.600. The lowest BCUT2D eigenvalue weighted by atomic mass is 9.92. The average Bonchev–Trinajstić information content (AvgIpc) is 2.48. The van der Waals surface area contributed by atoms with Crippen LogP contribution in [0.1, 0.15) is 43.1 Å². The highest BCUT2D eigenvalue weighted by atomic mass is 16.2. The number of amides is 1. The summed E-state index contributed by atoms with van der Waals surface area (Å²) < 4.78 is 0. The normalized spacial score (nSPS) is 16.4. The Morgan fingerprint density at radius 3 is 2.79 bits per heavy atom. The van der Waals surface area contributed by atoms with Crippen LogP contribution in [0.3, 0.4) is 0 Å².